The number of aryl methyl sites for hydroxylation is 1. The number of benzene rings is 1. The minimum atomic E-state index is -4.75. The summed E-state index contributed by atoms with van der Waals surface area (Å²) in [6.07, 6.45) is -1.56. The lowest BCUT2D eigenvalue weighted by atomic mass is 9.94. The van der Waals surface area contributed by atoms with Crippen LogP contribution in [0.4, 0.5) is 13.2 Å². The third-order valence-corrected chi connectivity index (χ3v) is 4.50. The average Bonchev–Trinajstić information content (AvgIpc) is 2.61. The van der Waals surface area contributed by atoms with Gasteiger partial charge in [-0.3, -0.25) is 9.59 Å². The lowest BCUT2D eigenvalue weighted by Crippen LogP contribution is -2.37. The summed E-state index contributed by atoms with van der Waals surface area (Å²) < 4.78 is 39.4. The summed E-state index contributed by atoms with van der Waals surface area (Å²) in [6.45, 7) is 5.52. The fourth-order valence-electron chi connectivity index (χ4n) is 3.07. The minimum absolute atomic E-state index is 0.0687. The molecule has 1 aromatic heterocycles. The predicted octanol–water partition coefficient (Wildman–Crippen LogP) is 4.33. The van der Waals surface area contributed by atoms with Crippen molar-refractivity contribution in [1.29, 1.82) is 0 Å². The third-order valence-electron chi connectivity index (χ3n) is 4.50. The first-order chi connectivity index (χ1) is 13.1. The standard InChI is InChI=1S/C21H25F3N2O2/c1-4-6-15-8-10-16(11-9-15)19(14(2)3)25-18(27)13-26-12-5-7-17(20(26)28)21(22,23)24/h5,7-12,14,19H,4,6,13H2,1-3H3,(H,25,27)/t19-/m0/s1. The largest absolute Gasteiger partial charge is 0.421 e. The molecule has 0 spiro atoms. The van der Waals surface area contributed by atoms with E-state index in [0.29, 0.717) is 6.07 Å². The number of carbonyl (C=O) groups is 1. The monoisotopic (exact) mass is 394 g/mol. The van der Waals surface area contributed by atoms with Crippen molar-refractivity contribution in [3.05, 3.63) is 69.6 Å². The number of pyridine rings is 1. The number of amides is 1. The molecule has 1 aromatic carbocycles. The Morgan fingerprint density at radius 1 is 1.14 bits per heavy atom. The Bertz CT molecular complexity index is 855. The quantitative estimate of drug-likeness (QED) is 0.760. The Morgan fingerprint density at radius 2 is 1.79 bits per heavy atom. The van der Waals surface area contributed by atoms with E-state index in [-0.39, 0.29) is 12.0 Å². The molecule has 0 radical (unpaired) electrons. The zero-order chi connectivity index (χ0) is 20.9. The van der Waals surface area contributed by atoms with Gasteiger partial charge in [-0.15, -0.1) is 0 Å². The number of carbonyl (C=O) groups excluding carboxylic acids is 1. The Kier molecular flexibility index (Phi) is 7.05. The molecule has 2 aromatic rings. The number of halogens is 3. The van der Waals surface area contributed by atoms with Crippen molar-refractivity contribution in [3.8, 4) is 0 Å². The first kappa shape index (κ1) is 21.7. The lowest BCUT2D eigenvalue weighted by Gasteiger charge is -2.23. The molecule has 0 aliphatic rings. The molecule has 7 heteroatoms. The fourth-order valence-corrected chi connectivity index (χ4v) is 3.07. The van der Waals surface area contributed by atoms with Crippen molar-refractivity contribution in [2.45, 2.75) is 52.4 Å². The van der Waals surface area contributed by atoms with Gasteiger partial charge in [0.25, 0.3) is 5.56 Å². The smallest absolute Gasteiger partial charge is 0.347 e. The van der Waals surface area contributed by atoms with E-state index in [1.165, 1.54) is 11.8 Å². The highest BCUT2D eigenvalue weighted by atomic mass is 19.4. The van der Waals surface area contributed by atoms with Gasteiger partial charge < -0.3 is 9.88 Å². The summed E-state index contributed by atoms with van der Waals surface area (Å²) in [4.78, 5) is 24.4. The molecule has 0 aliphatic heterocycles. The van der Waals surface area contributed by atoms with E-state index in [0.717, 1.165) is 29.0 Å². The Balaban J connectivity index is 2.16. The molecule has 28 heavy (non-hydrogen) atoms. The van der Waals surface area contributed by atoms with E-state index in [1.54, 1.807) is 0 Å². The van der Waals surface area contributed by atoms with Crippen LogP contribution in [0.15, 0.2) is 47.4 Å². The second-order valence-corrected chi connectivity index (χ2v) is 7.13. The maximum absolute atomic E-state index is 12.9. The average molecular weight is 394 g/mol. The predicted molar refractivity (Wildman–Crippen MR) is 102 cm³/mol. The van der Waals surface area contributed by atoms with Crippen molar-refractivity contribution in [2.75, 3.05) is 0 Å². The van der Waals surface area contributed by atoms with E-state index >= 15 is 0 Å². The maximum atomic E-state index is 12.9. The minimum Gasteiger partial charge on any atom is -0.347 e. The van der Waals surface area contributed by atoms with E-state index in [9.17, 15) is 22.8 Å². The van der Waals surface area contributed by atoms with Crippen molar-refractivity contribution < 1.29 is 18.0 Å². The zero-order valence-electron chi connectivity index (χ0n) is 16.2. The highest BCUT2D eigenvalue weighted by Gasteiger charge is 2.34. The van der Waals surface area contributed by atoms with E-state index in [4.69, 9.17) is 0 Å². The van der Waals surface area contributed by atoms with Gasteiger partial charge >= 0.3 is 6.18 Å². The van der Waals surface area contributed by atoms with Crippen LogP contribution in [0.25, 0.3) is 0 Å². The summed E-state index contributed by atoms with van der Waals surface area (Å²) in [5.74, 6) is -0.447. The van der Waals surface area contributed by atoms with Gasteiger partial charge in [0, 0.05) is 6.20 Å². The Morgan fingerprint density at radius 3 is 2.32 bits per heavy atom. The summed E-state index contributed by atoms with van der Waals surface area (Å²) in [5.41, 5.74) is -0.389. The van der Waals surface area contributed by atoms with Crippen molar-refractivity contribution in [3.63, 3.8) is 0 Å². The summed E-state index contributed by atoms with van der Waals surface area (Å²) >= 11 is 0. The Hall–Kier alpha value is -2.57. The number of alkyl halides is 3. The van der Waals surface area contributed by atoms with Crippen LogP contribution in [-0.2, 0) is 23.9 Å². The van der Waals surface area contributed by atoms with Gasteiger partial charge in [0.15, 0.2) is 0 Å². The molecule has 0 saturated heterocycles. The highest BCUT2D eigenvalue weighted by molar-refractivity contribution is 5.76. The molecule has 0 saturated carbocycles. The van der Waals surface area contributed by atoms with Crippen LogP contribution in [0.5, 0.6) is 0 Å². The number of rotatable bonds is 7. The van der Waals surface area contributed by atoms with E-state index in [2.05, 4.69) is 12.2 Å². The van der Waals surface area contributed by atoms with Crippen LogP contribution in [0, 0.1) is 5.92 Å². The molecule has 1 atom stereocenters. The van der Waals surface area contributed by atoms with Gasteiger partial charge in [-0.1, -0.05) is 51.5 Å². The second-order valence-electron chi connectivity index (χ2n) is 7.13. The summed E-state index contributed by atoms with van der Waals surface area (Å²) in [5, 5.41) is 2.84. The third kappa shape index (κ3) is 5.47. The summed E-state index contributed by atoms with van der Waals surface area (Å²) in [6, 6.07) is 9.45. The van der Waals surface area contributed by atoms with Crippen LogP contribution < -0.4 is 10.9 Å². The Labute approximate surface area is 162 Å². The van der Waals surface area contributed by atoms with Gasteiger partial charge in [-0.05, 0) is 35.6 Å². The number of nitrogens with one attached hydrogen (secondary N) is 1. The SMILES string of the molecule is CCCc1ccc([C@@H](NC(=O)Cn2cccc(C(F)(F)F)c2=O)C(C)C)cc1. The fraction of sp³-hybridized carbons (Fsp3) is 0.429. The molecular weight excluding hydrogens is 369 g/mol. The first-order valence-electron chi connectivity index (χ1n) is 9.28. The molecule has 1 amide bonds. The van der Waals surface area contributed by atoms with Crippen LogP contribution in [0.2, 0.25) is 0 Å². The molecule has 0 aliphatic carbocycles. The van der Waals surface area contributed by atoms with Crippen molar-refractivity contribution >= 4 is 5.91 Å². The van der Waals surface area contributed by atoms with Crippen LogP contribution >= 0.6 is 0 Å². The second kappa shape index (κ2) is 9.08. The first-order valence-corrected chi connectivity index (χ1v) is 9.28. The molecule has 0 bridgehead atoms. The molecular formula is C21H25F3N2O2. The number of aromatic nitrogens is 1. The molecule has 2 rings (SSSR count). The van der Waals surface area contributed by atoms with Gasteiger partial charge in [0.05, 0.1) is 6.04 Å². The zero-order valence-corrected chi connectivity index (χ0v) is 16.2. The summed E-state index contributed by atoms with van der Waals surface area (Å²) in [7, 11) is 0. The van der Waals surface area contributed by atoms with Crippen LogP contribution in [0.1, 0.15) is 49.9 Å². The molecule has 152 valence electrons. The van der Waals surface area contributed by atoms with Crippen molar-refractivity contribution in [2.24, 2.45) is 5.92 Å². The van der Waals surface area contributed by atoms with Crippen LogP contribution in [0.3, 0.4) is 0 Å². The lowest BCUT2D eigenvalue weighted by molar-refractivity contribution is -0.139. The highest BCUT2D eigenvalue weighted by Crippen LogP contribution is 2.26. The number of hydrogen-bond acceptors (Lipinski definition) is 2. The van der Waals surface area contributed by atoms with Crippen LogP contribution in [-0.4, -0.2) is 10.5 Å². The van der Waals surface area contributed by atoms with Gasteiger partial charge in [0.1, 0.15) is 12.1 Å². The topological polar surface area (TPSA) is 51.1 Å². The molecule has 0 fully saturated rings. The van der Waals surface area contributed by atoms with Gasteiger partial charge in [-0.2, -0.15) is 13.2 Å². The maximum Gasteiger partial charge on any atom is 0.421 e. The molecule has 4 nitrogen and oxygen atoms in total. The van der Waals surface area contributed by atoms with Crippen molar-refractivity contribution in [1.82, 2.24) is 9.88 Å². The number of hydrogen-bond donors (Lipinski definition) is 1. The number of nitrogens with zero attached hydrogens (tertiary/aromatic N) is 1. The normalized spacial score (nSPS) is 12.8. The van der Waals surface area contributed by atoms with E-state index in [1.807, 2.05) is 38.1 Å². The molecule has 1 N–H and O–H groups in total. The molecule has 0 unspecified atom stereocenters. The van der Waals surface area contributed by atoms with Gasteiger partial charge in [-0.25, -0.2) is 0 Å². The molecule has 1 heterocycles. The van der Waals surface area contributed by atoms with E-state index < -0.39 is 29.8 Å². The van der Waals surface area contributed by atoms with Gasteiger partial charge in [0.2, 0.25) is 5.91 Å².